The Morgan fingerprint density at radius 3 is 2.52 bits per heavy atom. The summed E-state index contributed by atoms with van der Waals surface area (Å²) in [6, 6.07) is 7.94. The summed E-state index contributed by atoms with van der Waals surface area (Å²) in [6.45, 7) is 4.57. The number of anilines is 2. The fourth-order valence-corrected chi connectivity index (χ4v) is 2.67. The molecule has 8 heteroatoms. The molecule has 1 aliphatic rings. The molecule has 0 spiro atoms. The van der Waals surface area contributed by atoms with E-state index in [2.05, 4.69) is 25.8 Å². The van der Waals surface area contributed by atoms with Gasteiger partial charge in [0.2, 0.25) is 5.88 Å². The first-order valence-electron chi connectivity index (χ1n) is 7.92. The maximum absolute atomic E-state index is 8.36. The largest absolute Gasteiger partial charge is 0.483 e. The molecule has 0 aliphatic carbocycles. The Balaban J connectivity index is 0.000000701. The van der Waals surface area contributed by atoms with E-state index in [1.807, 2.05) is 24.4 Å². The molecule has 0 radical (unpaired) electrons. The Morgan fingerprint density at radius 2 is 1.96 bits per heavy atom. The van der Waals surface area contributed by atoms with E-state index in [0.29, 0.717) is 11.7 Å². The number of hydrogen-bond donors (Lipinski definition) is 2. The Hall–Kier alpha value is -2.87. The van der Waals surface area contributed by atoms with Gasteiger partial charge in [-0.1, -0.05) is 6.07 Å². The van der Waals surface area contributed by atoms with Crippen LogP contribution in [0.5, 0.6) is 5.88 Å². The summed E-state index contributed by atoms with van der Waals surface area (Å²) in [5.74, 6) is 1.28. The minimum Gasteiger partial charge on any atom is -0.483 e. The van der Waals surface area contributed by atoms with Crippen LogP contribution in [0.1, 0.15) is 5.56 Å². The van der Waals surface area contributed by atoms with E-state index >= 15 is 0 Å². The zero-order chi connectivity index (χ0) is 18.1. The first-order valence-corrected chi connectivity index (χ1v) is 7.92. The molecule has 0 unspecified atom stereocenters. The van der Waals surface area contributed by atoms with Gasteiger partial charge in [-0.3, -0.25) is 9.69 Å². The molecular weight excluding hydrogens is 322 g/mol. The molecule has 0 saturated carbocycles. The summed E-state index contributed by atoms with van der Waals surface area (Å²) in [4.78, 5) is 21.5. The Bertz CT molecular complexity index is 658. The highest BCUT2D eigenvalue weighted by Crippen LogP contribution is 2.19. The third-order valence-corrected chi connectivity index (χ3v) is 3.99. The van der Waals surface area contributed by atoms with Crippen molar-refractivity contribution in [3.05, 3.63) is 42.2 Å². The number of nitrogens with two attached hydrogens (primary N) is 1. The van der Waals surface area contributed by atoms with Gasteiger partial charge in [0.1, 0.15) is 5.82 Å². The SMILES string of the molecule is COc1ccc(N2CCN(Cc3cccnc3N)CC2)cn1.O=CO. The van der Waals surface area contributed by atoms with Gasteiger partial charge in [-0.15, -0.1) is 0 Å². The quantitative estimate of drug-likeness (QED) is 0.794. The fourth-order valence-electron chi connectivity index (χ4n) is 2.67. The normalized spacial score (nSPS) is 14.4. The van der Waals surface area contributed by atoms with E-state index in [0.717, 1.165) is 44.0 Å². The van der Waals surface area contributed by atoms with Crippen LogP contribution in [0.25, 0.3) is 0 Å². The van der Waals surface area contributed by atoms with E-state index in [1.54, 1.807) is 13.3 Å². The average Bonchev–Trinajstić information content (AvgIpc) is 2.65. The topological polar surface area (TPSA) is 105 Å². The molecule has 3 heterocycles. The predicted molar refractivity (Wildman–Crippen MR) is 95.6 cm³/mol. The maximum atomic E-state index is 8.36. The second-order valence-corrected chi connectivity index (χ2v) is 5.48. The third-order valence-electron chi connectivity index (χ3n) is 3.99. The molecule has 2 aromatic heterocycles. The first-order chi connectivity index (χ1) is 12.2. The summed E-state index contributed by atoms with van der Waals surface area (Å²) in [7, 11) is 1.63. The van der Waals surface area contributed by atoms with Gasteiger partial charge < -0.3 is 20.5 Å². The molecule has 1 saturated heterocycles. The minimum atomic E-state index is -0.250. The zero-order valence-electron chi connectivity index (χ0n) is 14.2. The average molecular weight is 345 g/mol. The highest BCUT2D eigenvalue weighted by atomic mass is 16.5. The molecule has 1 fully saturated rings. The van der Waals surface area contributed by atoms with Crippen molar-refractivity contribution in [2.75, 3.05) is 43.9 Å². The molecule has 0 amide bonds. The molecule has 0 bridgehead atoms. The van der Waals surface area contributed by atoms with E-state index in [4.69, 9.17) is 20.4 Å². The number of nitrogens with zero attached hydrogens (tertiary/aromatic N) is 4. The van der Waals surface area contributed by atoms with Crippen LogP contribution < -0.4 is 15.4 Å². The number of rotatable bonds is 4. The van der Waals surface area contributed by atoms with Crippen LogP contribution >= 0.6 is 0 Å². The molecule has 8 nitrogen and oxygen atoms in total. The maximum Gasteiger partial charge on any atom is 0.290 e. The monoisotopic (exact) mass is 345 g/mol. The van der Waals surface area contributed by atoms with Crippen molar-refractivity contribution in [3.8, 4) is 5.88 Å². The molecular formula is C17H23N5O3. The molecule has 3 rings (SSSR count). The summed E-state index contributed by atoms with van der Waals surface area (Å²) in [5, 5.41) is 6.89. The van der Waals surface area contributed by atoms with Crippen LogP contribution in [0.2, 0.25) is 0 Å². The van der Waals surface area contributed by atoms with Crippen LogP contribution in [-0.4, -0.2) is 59.7 Å². The van der Waals surface area contributed by atoms with Crippen LogP contribution in [-0.2, 0) is 11.3 Å². The minimum absolute atomic E-state index is 0.250. The standard InChI is InChI=1S/C16H21N5O.CH2O2/c1-22-15-5-4-14(11-19-15)21-9-7-20(8-10-21)12-13-3-2-6-18-16(13)17;2-1-3/h2-6,11H,7-10,12H2,1H3,(H2,17,18);1H,(H,2,3). The Kier molecular flexibility index (Phi) is 6.97. The lowest BCUT2D eigenvalue weighted by Gasteiger charge is -2.36. The van der Waals surface area contributed by atoms with Crippen LogP contribution in [0, 0.1) is 0 Å². The Morgan fingerprint density at radius 1 is 1.24 bits per heavy atom. The smallest absolute Gasteiger partial charge is 0.290 e. The number of ether oxygens (including phenoxy) is 1. The van der Waals surface area contributed by atoms with Crippen LogP contribution in [0.4, 0.5) is 11.5 Å². The van der Waals surface area contributed by atoms with E-state index in [1.165, 1.54) is 0 Å². The van der Waals surface area contributed by atoms with Gasteiger partial charge in [0.05, 0.1) is 19.0 Å². The van der Waals surface area contributed by atoms with Gasteiger partial charge in [0.25, 0.3) is 6.47 Å². The van der Waals surface area contributed by atoms with Gasteiger partial charge in [0.15, 0.2) is 0 Å². The zero-order valence-corrected chi connectivity index (χ0v) is 14.2. The summed E-state index contributed by atoms with van der Waals surface area (Å²) < 4.78 is 5.10. The van der Waals surface area contributed by atoms with E-state index in [-0.39, 0.29) is 6.47 Å². The van der Waals surface area contributed by atoms with Gasteiger partial charge in [-0.05, 0) is 12.1 Å². The van der Waals surface area contributed by atoms with Crippen LogP contribution in [0.15, 0.2) is 36.7 Å². The number of methoxy groups -OCH3 is 1. The number of piperazine rings is 1. The Labute approximate surface area is 146 Å². The number of carboxylic acid groups (broad SMARTS) is 1. The number of pyridine rings is 2. The van der Waals surface area contributed by atoms with Crippen molar-refractivity contribution in [1.29, 1.82) is 0 Å². The molecule has 0 aromatic carbocycles. The second kappa shape index (κ2) is 9.43. The molecule has 3 N–H and O–H groups in total. The highest BCUT2D eigenvalue weighted by Gasteiger charge is 2.18. The number of hydrogen-bond acceptors (Lipinski definition) is 7. The number of aromatic nitrogens is 2. The lowest BCUT2D eigenvalue weighted by atomic mass is 10.2. The summed E-state index contributed by atoms with van der Waals surface area (Å²) in [5.41, 5.74) is 8.15. The van der Waals surface area contributed by atoms with Crippen molar-refractivity contribution in [2.24, 2.45) is 0 Å². The predicted octanol–water partition coefficient (Wildman–Crippen LogP) is 1.09. The van der Waals surface area contributed by atoms with E-state index < -0.39 is 0 Å². The summed E-state index contributed by atoms with van der Waals surface area (Å²) >= 11 is 0. The molecule has 2 aromatic rings. The molecule has 134 valence electrons. The van der Waals surface area contributed by atoms with Crippen molar-refractivity contribution in [3.63, 3.8) is 0 Å². The number of carbonyl (C=O) groups is 1. The first kappa shape index (κ1) is 18.5. The van der Waals surface area contributed by atoms with Crippen molar-refractivity contribution >= 4 is 18.0 Å². The highest BCUT2D eigenvalue weighted by molar-refractivity contribution is 5.46. The third kappa shape index (κ3) is 5.32. The fraction of sp³-hybridized carbons (Fsp3) is 0.353. The van der Waals surface area contributed by atoms with Crippen molar-refractivity contribution in [1.82, 2.24) is 14.9 Å². The molecule has 25 heavy (non-hydrogen) atoms. The van der Waals surface area contributed by atoms with Gasteiger partial charge in [-0.2, -0.15) is 0 Å². The second-order valence-electron chi connectivity index (χ2n) is 5.48. The van der Waals surface area contributed by atoms with Crippen molar-refractivity contribution < 1.29 is 14.6 Å². The number of nitrogen functional groups attached to an aromatic ring is 1. The van der Waals surface area contributed by atoms with Gasteiger partial charge in [-0.25, -0.2) is 9.97 Å². The van der Waals surface area contributed by atoms with E-state index in [9.17, 15) is 0 Å². The van der Waals surface area contributed by atoms with Gasteiger partial charge >= 0.3 is 0 Å². The lowest BCUT2D eigenvalue weighted by molar-refractivity contribution is -0.122. The van der Waals surface area contributed by atoms with Crippen LogP contribution in [0.3, 0.4) is 0 Å². The van der Waals surface area contributed by atoms with Gasteiger partial charge in [0, 0.05) is 50.6 Å². The molecule has 1 aliphatic heterocycles. The molecule has 0 atom stereocenters. The summed E-state index contributed by atoms with van der Waals surface area (Å²) in [6.07, 6.45) is 3.60. The lowest BCUT2D eigenvalue weighted by Crippen LogP contribution is -2.46. The van der Waals surface area contributed by atoms with Crippen molar-refractivity contribution in [2.45, 2.75) is 6.54 Å².